The first kappa shape index (κ1) is 20.8. The van der Waals surface area contributed by atoms with Crippen molar-refractivity contribution in [2.45, 2.75) is 12.5 Å². The molecule has 0 aliphatic carbocycles. The summed E-state index contributed by atoms with van der Waals surface area (Å²) in [5.74, 6) is 1.67. The highest BCUT2D eigenvalue weighted by atomic mass is 127. The first-order chi connectivity index (χ1) is 11.2. The van der Waals surface area contributed by atoms with E-state index in [1.807, 2.05) is 36.4 Å². The van der Waals surface area contributed by atoms with Crippen LogP contribution in [0.15, 0.2) is 52.1 Å². The smallest absolute Gasteiger partial charge is 0.191 e. The van der Waals surface area contributed by atoms with Gasteiger partial charge in [-0.05, 0) is 29.8 Å². The summed E-state index contributed by atoms with van der Waals surface area (Å²) in [5.41, 5.74) is 1.03. The summed E-state index contributed by atoms with van der Waals surface area (Å²) >= 11 is 6.03. The number of nitrogens with one attached hydrogen (secondary N) is 2. The number of methoxy groups -OCH3 is 1. The van der Waals surface area contributed by atoms with Crippen molar-refractivity contribution >= 4 is 41.5 Å². The molecule has 0 radical (unpaired) electrons. The lowest BCUT2D eigenvalue weighted by atomic mass is 10.1. The second-order valence-corrected chi connectivity index (χ2v) is 5.43. The number of halogens is 2. The molecule has 2 N–H and O–H groups in total. The number of rotatable bonds is 7. The van der Waals surface area contributed by atoms with E-state index in [0.29, 0.717) is 11.6 Å². The molecule has 0 amide bonds. The van der Waals surface area contributed by atoms with Crippen LogP contribution in [0.25, 0.3) is 0 Å². The van der Waals surface area contributed by atoms with Crippen LogP contribution in [0, 0.1) is 0 Å². The molecule has 0 aliphatic rings. The van der Waals surface area contributed by atoms with Gasteiger partial charge in [0, 0.05) is 38.7 Å². The average Bonchev–Trinajstić information content (AvgIpc) is 3.07. The van der Waals surface area contributed by atoms with E-state index in [9.17, 15) is 0 Å². The second-order valence-electron chi connectivity index (χ2n) is 4.99. The predicted molar refractivity (Wildman–Crippen MR) is 108 cm³/mol. The minimum absolute atomic E-state index is 0. The van der Waals surface area contributed by atoms with Gasteiger partial charge in [-0.3, -0.25) is 4.99 Å². The molecule has 2 rings (SSSR count). The summed E-state index contributed by atoms with van der Waals surface area (Å²) in [6, 6.07) is 11.5. The van der Waals surface area contributed by atoms with E-state index >= 15 is 0 Å². The number of hydrogen-bond donors (Lipinski definition) is 2. The lowest BCUT2D eigenvalue weighted by molar-refractivity contribution is 0.106. The highest BCUT2D eigenvalue weighted by molar-refractivity contribution is 14.0. The Hall–Kier alpha value is -1.25. The molecule has 1 aromatic heterocycles. The van der Waals surface area contributed by atoms with E-state index in [4.69, 9.17) is 20.8 Å². The lowest BCUT2D eigenvalue weighted by Gasteiger charge is -2.19. The Morgan fingerprint density at radius 3 is 2.75 bits per heavy atom. The molecule has 1 aromatic carbocycles. The topological polar surface area (TPSA) is 58.8 Å². The zero-order valence-electron chi connectivity index (χ0n) is 13.8. The molecule has 0 aliphatic heterocycles. The normalized spacial score (nSPS) is 12.4. The maximum atomic E-state index is 6.03. The van der Waals surface area contributed by atoms with Crippen LogP contribution >= 0.6 is 35.6 Å². The molecule has 7 heteroatoms. The third-order valence-corrected chi connectivity index (χ3v) is 3.66. The van der Waals surface area contributed by atoms with Crippen molar-refractivity contribution in [2.75, 3.05) is 27.2 Å². The molecule has 0 bridgehead atoms. The maximum Gasteiger partial charge on any atom is 0.191 e. The summed E-state index contributed by atoms with van der Waals surface area (Å²) in [4.78, 5) is 4.21. The quantitative estimate of drug-likeness (QED) is 0.374. The zero-order chi connectivity index (χ0) is 16.5. The highest BCUT2D eigenvalue weighted by Crippen LogP contribution is 2.19. The van der Waals surface area contributed by atoms with E-state index < -0.39 is 0 Å². The number of benzene rings is 1. The van der Waals surface area contributed by atoms with Crippen LogP contribution in [0.5, 0.6) is 0 Å². The Labute approximate surface area is 164 Å². The van der Waals surface area contributed by atoms with Gasteiger partial charge in [0.1, 0.15) is 5.76 Å². The van der Waals surface area contributed by atoms with E-state index in [2.05, 4.69) is 15.6 Å². The molecule has 2 aromatic rings. The standard InChI is InChI=1S/C17H22ClN3O2.HI/c1-19-17(20-9-8-15-7-4-10-23-15)21-12-16(22-2)13-5-3-6-14(18)11-13;/h3-7,10-11,16H,8-9,12H2,1-2H3,(H2,19,20,21);1H. The molecule has 5 nitrogen and oxygen atoms in total. The van der Waals surface area contributed by atoms with Crippen LogP contribution in [0.4, 0.5) is 0 Å². The minimum atomic E-state index is -0.0997. The van der Waals surface area contributed by atoms with Gasteiger partial charge in [-0.2, -0.15) is 0 Å². The van der Waals surface area contributed by atoms with Crippen LogP contribution in [0.3, 0.4) is 0 Å². The number of furan rings is 1. The van der Waals surface area contributed by atoms with Gasteiger partial charge in [-0.25, -0.2) is 0 Å². The fourth-order valence-corrected chi connectivity index (χ4v) is 2.41. The van der Waals surface area contributed by atoms with Gasteiger partial charge >= 0.3 is 0 Å². The van der Waals surface area contributed by atoms with Crippen molar-refractivity contribution in [3.8, 4) is 0 Å². The van der Waals surface area contributed by atoms with Gasteiger partial charge in [0.15, 0.2) is 5.96 Å². The Balaban J connectivity index is 0.00000288. The largest absolute Gasteiger partial charge is 0.469 e. The zero-order valence-corrected chi connectivity index (χ0v) is 16.9. The van der Waals surface area contributed by atoms with Gasteiger partial charge in [0.2, 0.25) is 0 Å². The molecule has 1 atom stereocenters. The summed E-state index contributed by atoms with van der Waals surface area (Å²) in [6.45, 7) is 1.33. The molecule has 132 valence electrons. The SMILES string of the molecule is CN=C(NCCc1ccco1)NCC(OC)c1cccc(Cl)c1.I. The minimum Gasteiger partial charge on any atom is -0.469 e. The first-order valence-corrected chi connectivity index (χ1v) is 7.86. The van der Waals surface area contributed by atoms with Crippen molar-refractivity contribution in [3.63, 3.8) is 0 Å². The van der Waals surface area contributed by atoms with Crippen molar-refractivity contribution in [2.24, 2.45) is 4.99 Å². The highest BCUT2D eigenvalue weighted by Gasteiger charge is 2.11. The number of hydrogen-bond acceptors (Lipinski definition) is 3. The maximum absolute atomic E-state index is 6.03. The molecule has 0 saturated carbocycles. The molecular weight excluding hydrogens is 441 g/mol. The van der Waals surface area contributed by atoms with Crippen LogP contribution in [0.2, 0.25) is 5.02 Å². The van der Waals surface area contributed by atoms with Gasteiger partial charge in [0.25, 0.3) is 0 Å². The van der Waals surface area contributed by atoms with Crippen molar-refractivity contribution < 1.29 is 9.15 Å². The Bertz CT molecular complexity index is 620. The summed E-state index contributed by atoms with van der Waals surface area (Å²) in [5, 5.41) is 7.21. The number of guanidine groups is 1. The Morgan fingerprint density at radius 2 is 2.12 bits per heavy atom. The monoisotopic (exact) mass is 463 g/mol. The fourth-order valence-electron chi connectivity index (χ4n) is 2.21. The van der Waals surface area contributed by atoms with Crippen LogP contribution < -0.4 is 10.6 Å². The number of aliphatic imine (C=N–C) groups is 1. The summed E-state index contributed by atoms with van der Waals surface area (Å²) < 4.78 is 10.8. The van der Waals surface area contributed by atoms with Gasteiger partial charge < -0.3 is 19.8 Å². The van der Waals surface area contributed by atoms with Gasteiger partial charge in [0.05, 0.1) is 12.4 Å². The molecule has 24 heavy (non-hydrogen) atoms. The Morgan fingerprint density at radius 1 is 1.29 bits per heavy atom. The van der Waals surface area contributed by atoms with Crippen molar-refractivity contribution in [1.82, 2.24) is 10.6 Å². The molecule has 0 spiro atoms. The fraction of sp³-hybridized carbons (Fsp3) is 0.353. The van der Waals surface area contributed by atoms with E-state index in [-0.39, 0.29) is 30.1 Å². The predicted octanol–water partition coefficient (Wildman–Crippen LogP) is 3.65. The molecule has 0 saturated heterocycles. The van der Waals surface area contributed by atoms with Crippen molar-refractivity contribution in [3.05, 3.63) is 59.0 Å². The second kappa shape index (κ2) is 11.3. The van der Waals surface area contributed by atoms with Gasteiger partial charge in [-0.1, -0.05) is 23.7 Å². The van der Waals surface area contributed by atoms with E-state index in [1.54, 1.807) is 20.4 Å². The molecule has 0 fully saturated rings. The third-order valence-electron chi connectivity index (χ3n) is 3.43. The van der Waals surface area contributed by atoms with E-state index in [1.165, 1.54) is 0 Å². The number of ether oxygens (including phenoxy) is 1. The van der Waals surface area contributed by atoms with E-state index in [0.717, 1.165) is 30.2 Å². The number of nitrogens with zero attached hydrogens (tertiary/aromatic N) is 1. The molecule has 1 unspecified atom stereocenters. The molecule has 1 heterocycles. The summed E-state index contributed by atoms with van der Waals surface area (Å²) in [6.07, 6.45) is 2.38. The molecular formula is C17H23ClIN3O2. The Kier molecular flexibility index (Phi) is 9.82. The van der Waals surface area contributed by atoms with Crippen LogP contribution in [-0.4, -0.2) is 33.2 Å². The summed E-state index contributed by atoms with van der Waals surface area (Å²) in [7, 11) is 3.42. The van der Waals surface area contributed by atoms with Crippen molar-refractivity contribution in [1.29, 1.82) is 0 Å². The average molecular weight is 464 g/mol. The lowest BCUT2D eigenvalue weighted by Crippen LogP contribution is -2.40. The third kappa shape index (κ3) is 6.70. The first-order valence-electron chi connectivity index (χ1n) is 7.48. The van der Waals surface area contributed by atoms with Crippen LogP contribution in [-0.2, 0) is 11.2 Å². The van der Waals surface area contributed by atoms with Crippen LogP contribution in [0.1, 0.15) is 17.4 Å². The van der Waals surface area contributed by atoms with Gasteiger partial charge in [-0.15, -0.1) is 24.0 Å².